The maximum atomic E-state index is 11.4. The molecule has 0 aromatic heterocycles. The summed E-state index contributed by atoms with van der Waals surface area (Å²) in [7, 11) is 0. The Morgan fingerprint density at radius 3 is 2.82 bits per heavy atom. The molecular formula is C9H15NO. The number of fused-ring (bicyclic) bond motifs is 1. The van der Waals surface area contributed by atoms with Gasteiger partial charge in [-0.3, -0.25) is 4.79 Å². The van der Waals surface area contributed by atoms with E-state index in [-0.39, 0.29) is 0 Å². The van der Waals surface area contributed by atoms with Gasteiger partial charge in [0.2, 0.25) is 5.91 Å². The molecule has 0 spiro atoms. The van der Waals surface area contributed by atoms with Crippen LogP contribution in [0.25, 0.3) is 0 Å². The molecule has 2 aliphatic heterocycles. The summed E-state index contributed by atoms with van der Waals surface area (Å²) in [6.07, 6.45) is 6.99. The molecule has 1 atom stereocenters. The lowest BCUT2D eigenvalue weighted by Crippen LogP contribution is -2.46. The molecule has 2 aliphatic rings. The summed E-state index contributed by atoms with van der Waals surface area (Å²) in [6.45, 7) is 1.03. The molecule has 2 rings (SSSR count). The summed E-state index contributed by atoms with van der Waals surface area (Å²) in [5.41, 5.74) is 0. The Kier molecular flexibility index (Phi) is 1.84. The highest BCUT2D eigenvalue weighted by molar-refractivity contribution is 5.77. The fraction of sp³-hybridized carbons (Fsp3) is 0.889. The highest BCUT2D eigenvalue weighted by Crippen LogP contribution is 2.26. The van der Waals surface area contributed by atoms with E-state index in [0.717, 1.165) is 19.4 Å². The fourth-order valence-corrected chi connectivity index (χ4v) is 2.26. The molecule has 0 aromatic rings. The second-order valence-electron chi connectivity index (χ2n) is 3.63. The highest BCUT2D eigenvalue weighted by atomic mass is 16.2. The summed E-state index contributed by atoms with van der Waals surface area (Å²) < 4.78 is 0. The van der Waals surface area contributed by atoms with Gasteiger partial charge < -0.3 is 4.90 Å². The lowest BCUT2D eigenvalue weighted by atomic mass is 9.93. The summed E-state index contributed by atoms with van der Waals surface area (Å²) in [6, 6.07) is 0.616. The van der Waals surface area contributed by atoms with Gasteiger partial charge in [-0.1, -0.05) is 0 Å². The monoisotopic (exact) mass is 153 g/mol. The smallest absolute Gasteiger partial charge is 0.222 e. The SMILES string of the molecule is O=C1CCC[C@@H]2CCCCN12. The van der Waals surface area contributed by atoms with E-state index >= 15 is 0 Å². The maximum absolute atomic E-state index is 11.4. The largest absolute Gasteiger partial charge is 0.340 e. The van der Waals surface area contributed by atoms with Gasteiger partial charge in [0.1, 0.15) is 0 Å². The van der Waals surface area contributed by atoms with Crippen LogP contribution in [0.4, 0.5) is 0 Å². The maximum Gasteiger partial charge on any atom is 0.222 e. The number of amides is 1. The van der Waals surface area contributed by atoms with Crippen LogP contribution in [0.3, 0.4) is 0 Å². The van der Waals surface area contributed by atoms with E-state index in [1.54, 1.807) is 0 Å². The molecule has 1 amide bonds. The highest BCUT2D eigenvalue weighted by Gasteiger charge is 2.29. The van der Waals surface area contributed by atoms with Gasteiger partial charge in [0.05, 0.1) is 0 Å². The molecule has 0 saturated carbocycles. The van der Waals surface area contributed by atoms with Gasteiger partial charge in [-0.25, -0.2) is 0 Å². The van der Waals surface area contributed by atoms with Crippen LogP contribution in [0.5, 0.6) is 0 Å². The predicted octanol–water partition coefficient (Wildman–Crippen LogP) is 1.55. The molecule has 11 heavy (non-hydrogen) atoms. The standard InChI is InChI=1S/C9H15NO/c11-9-6-3-5-8-4-1-2-7-10(8)9/h8H,1-7H2/t8-/m0/s1. The minimum atomic E-state index is 0.404. The zero-order valence-corrected chi connectivity index (χ0v) is 6.88. The first kappa shape index (κ1) is 7.14. The van der Waals surface area contributed by atoms with Gasteiger partial charge in [0.15, 0.2) is 0 Å². The van der Waals surface area contributed by atoms with Crippen LogP contribution in [0.1, 0.15) is 38.5 Å². The Balaban J connectivity index is 2.05. The van der Waals surface area contributed by atoms with Gasteiger partial charge in [-0.2, -0.15) is 0 Å². The number of piperidine rings is 2. The third kappa shape index (κ3) is 1.26. The normalized spacial score (nSPS) is 31.8. The quantitative estimate of drug-likeness (QED) is 0.517. The molecule has 62 valence electrons. The van der Waals surface area contributed by atoms with E-state index in [1.165, 1.54) is 25.7 Å². The van der Waals surface area contributed by atoms with Crippen molar-refractivity contribution in [2.75, 3.05) is 6.54 Å². The average Bonchev–Trinajstić information content (AvgIpc) is 2.06. The first-order valence-corrected chi connectivity index (χ1v) is 4.67. The van der Waals surface area contributed by atoms with E-state index in [2.05, 4.69) is 4.90 Å². The van der Waals surface area contributed by atoms with Gasteiger partial charge in [0.25, 0.3) is 0 Å². The van der Waals surface area contributed by atoms with Crippen molar-refractivity contribution < 1.29 is 4.79 Å². The number of hydrogen-bond acceptors (Lipinski definition) is 1. The van der Waals surface area contributed by atoms with Crippen molar-refractivity contribution >= 4 is 5.91 Å². The molecule has 0 bridgehead atoms. The van der Waals surface area contributed by atoms with E-state index in [1.807, 2.05) is 0 Å². The molecule has 0 unspecified atom stereocenters. The Bertz CT molecular complexity index is 165. The number of hydrogen-bond donors (Lipinski definition) is 0. The van der Waals surface area contributed by atoms with E-state index in [4.69, 9.17) is 0 Å². The minimum absolute atomic E-state index is 0.404. The molecule has 2 fully saturated rings. The van der Waals surface area contributed by atoms with Crippen molar-refractivity contribution in [3.05, 3.63) is 0 Å². The zero-order chi connectivity index (χ0) is 7.68. The second-order valence-corrected chi connectivity index (χ2v) is 3.63. The number of carbonyl (C=O) groups is 1. The van der Waals surface area contributed by atoms with Gasteiger partial charge in [-0.15, -0.1) is 0 Å². The topological polar surface area (TPSA) is 20.3 Å². The van der Waals surface area contributed by atoms with Crippen molar-refractivity contribution in [2.24, 2.45) is 0 Å². The van der Waals surface area contributed by atoms with Crippen LogP contribution >= 0.6 is 0 Å². The Morgan fingerprint density at radius 1 is 1.18 bits per heavy atom. The summed E-state index contributed by atoms with van der Waals surface area (Å²) in [5.74, 6) is 0.404. The molecule has 2 nitrogen and oxygen atoms in total. The second kappa shape index (κ2) is 2.84. The van der Waals surface area contributed by atoms with Gasteiger partial charge in [0, 0.05) is 19.0 Å². The van der Waals surface area contributed by atoms with E-state index < -0.39 is 0 Å². The van der Waals surface area contributed by atoms with Gasteiger partial charge >= 0.3 is 0 Å². The van der Waals surface area contributed by atoms with Crippen molar-refractivity contribution in [3.8, 4) is 0 Å². The molecule has 2 heterocycles. The van der Waals surface area contributed by atoms with E-state index in [0.29, 0.717) is 11.9 Å². The number of rotatable bonds is 0. The first-order chi connectivity index (χ1) is 5.38. The van der Waals surface area contributed by atoms with Crippen LogP contribution in [0.2, 0.25) is 0 Å². The van der Waals surface area contributed by atoms with Crippen LogP contribution in [0, 0.1) is 0 Å². The van der Waals surface area contributed by atoms with Crippen molar-refractivity contribution in [1.29, 1.82) is 0 Å². The van der Waals surface area contributed by atoms with Crippen LogP contribution < -0.4 is 0 Å². The molecular weight excluding hydrogens is 138 g/mol. The number of carbonyl (C=O) groups excluding carboxylic acids is 1. The van der Waals surface area contributed by atoms with Crippen molar-refractivity contribution in [1.82, 2.24) is 4.90 Å². The predicted molar refractivity (Wildman–Crippen MR) is 43.2 cm³/mol. The first-order valence-electron chi connectivity index (χ1n) is 4.67. The lowest BCUT2D eigenvalue weighted by Gasteiger charge is -2.39. The fourth-order valence-electron chi connectivity index (χ4n) is 2.26. The third-order valence-corrected chi connectivity index (χ3v) is 2.88. The summed E-state index contributed by atoms with van der Waals surface area (Å²) in [4.78, 5) is 13.5. The van der Waals surface area contributed by atoms with Crippen LogP contribution in [0.15, 0.2) is 0 Å². The molecule has 2 heteroatoms. The zero-order valence-electron chi connectivity index (χ0n) is 6.88. The van der Waals surface area contributed by atoms with Crippen molar-refractivity contribution in [3.63, 3.8) is 0 Å². The molecule has 2 saturated heterocycles. The van der Waals surface area contributed by atoms with Crippen LogP contribution in [-0.2, 0) is 4.79 Å². The minimum Gasteiger partial charge on any atom is -0.340 e. The Hall–Kier alpha value is -0.530. The summed E-state index contributed by atoms with van der Waals surface area (Å²) in [5, 5.41) is 0. The molecule has 0 aromatic carbocycles. The van der Waals surface area contributed by atoms with Crippen LogP contribution in [-0.4, -0.2) is 23.4 Å². The number of nitrogens with zero attached hydrogens (tertiary/aromatic N) is 1. The third-order valence-electron chi connectivity index (χ3n) is 2.88. The Morgan fingerprint density at radius 2 is 2.00 bits per heavy atom. The molecule has 0 radical (unpaired) electrons. The lowest BCUT2D eigenvalue weighted by molar-refractivity contribution is -0.137. The summed E-state index contributed by atoms with van der Waals surface area (Å²) >= 11 is 0. The molecule has 0 N–H and O–H groups in total. The van der Waals surface area contributed by atoms with Crippen molar-refractivity contribution in [2.45, 2.75) is 44.6 Å². The van der Waals surface area contributed by atoms with Gasteiger partial charge in [-0.05, 0) is 32.1 Å². The Labute approximate surface area is 67.6 Å². The average molecular weight is 153 g/mol. The molecule has 0 aliphatic carbocycles. The van der Waals surface area contributed by atoms with E-state index in [9.17, 15) is 4.79 Å².